The predicted molar refractivity (Wildman–Crippen MR) is 84.0 cm³/mol. The molecule has 1 N–H and O–H groups in total. The lowest BCUT2D eigenvalue weighted by Crippen LogP contribution is -2.36. The molecule has 1 unspecified atom stereocenters. The maximum absolute atomic E-state index is 12.0. The van der Waals surface area contributed by atoms with Gasteiger partial charge in [0.1, 0.15) is 5.60 Å². The monoisotopic (exact) mass is 340 g/mol. The Morgan fingerprint density at radius 2 is 2.10 bits per heavy atom. The molecule has 4 nitrogen and oxygen atoms in total. The molecule has 1 amide bonds. The fourth-order valence-corrected chi connectivity index (χ4v) is 2.57. The lowest BCUT2D eigenvalue weighted by Gasteiger charge is -2.24. The van der Waals surface area contributed by atoms with Crippen molar-refractivity contribution in [2.45, 2.75) is 38.8 Å². The summed E-state index contributed by atoms with van der Waals surface area (Å²) < 4.78 is 6.43. The number of likely N-dealkylation sites (tertiary alicyclic amines) is 1. The van der Waals surface area contributed by atoms with Crippen molar-refractivity contribution in [2.75, 3.05) is 18.4 Å². The van der Waals surface area contributed by atoms with E-state index in [1.165, 1.54) is 0 Å². The third-order valence-electron chi connectivity index (χ3n) is 3.07. The molecule has 0 saturated carbocycles. The summed E-state index contributed by atoms with van der Waals surface area (Å²) in [5.41, 5.74) is 0.619. The minimum absolute atomic E-state index is 0.228. The summed E-state index contributed by atoms with van der Waals surface area (Å²) in [6, 6.07) is 8.27. The van der Waals surface area contributed by atoms with Crippen LogP contribution in [-0.2, 0) is 4.74 Å². The molecule has 20 heavy (non-hydrogen) atoms. The maximum Gasteiger partial charge on any atom is 0.410 e. The minimum Gasteiger partial charge on any atom is -0.444 e. The standard InChI is InChI=1S/C15H21BrN2O2/c1-15(2,3)20-14(19)18-9-8-11(10-18)17-13-7-5-4-6-12(13)16/h4-7,11,17H,8-10H2,1-3H3. The molecule has 2 rings (SSSR count). The summed E-state index contributed by atoms with van der Waals surface area (Å²) >= 11 is 3.52. The number of carbonyl (C=O) groups is 1. The van der Waals surface area contributed by atoms with E-state index in [9.17, 15) is 4.79 Å². The van der Waals surface area contributed by atoms with Gasteiger partial charge in [-0.25, -0.2) is 4.79 Å². The Balaban J connectivity index is 1.90. The van der Waals surface area contributed by atoms with Crippen LogP contribution in [0.15, 0.2) is 28.7 Å². The van der Waals surface area contributed by atoms with Crippen LogP contribution in [0.25, 0.3) is 0 Å². The highest BCUT2D eigenvalue weighted by Gasteiger charge is 2.29. The quantitative estimate of drug-likeness (QED) is 0.888. The number of carbonyl (C=O) groups excluding carboxylic acids is 1. The number of rotatable bonds is 2. The molecule has 0 aromatic heterocycles. The van der Waals surface area contributed by atoms with Crippen LogP contribution in [0.3, 0.4) is 0 Å². The molecule has 1 aromatic rings. The van der Waals surface area contributed by atoms with Gasteiger partial charge < -0.3 is 15.0 Å². The van der Waals surface area contributed by atoms with Gasteiger partial charge in [0.05, 0.1) is 0 Å². The maximum atomic E-state index is 12.0. The Bertz CT molecular complexity index is 485. The average molecular weight is 341 g/mol. The smallest absolute Gasteiger partial charge is 0.410 e. The molecule has 1 aromatic carbocycles. The zero-order valence-electron chi connectivity index (χ0n) is 12.1. The lowest BCUT2D eigenvalue weighted by atomic mass is 10.2. The van der Waals surface area contributed by atoms with E-state index < -0.39 is 5.60 Å². The highest BCUT2D eigenvalue weighted by atomic mass is 79.9. The van der Waals surface area contributed by atoms with Gasteiger partial charge >= 0.3 is 6.09 Å². The molecular formula is C15H21BrN2O2. The number of benzene rings is 1. The Kier molecular flexibility index (Phi) is 4.58. The van der Waals surface area contributed by atoms with Crippen LogP contribution in [-0.4, -0.2) is 35.7 Å². The van der Waals surface area contributed by atoms with Gasteiger partial charge in [0, 0.05) is 29.3 Å². The summed E-state index contributed by atoms with van der Waals surface area (Å²) in [4.78, 5) is 13.8. The third kappa shape index (κ3) is 4.13. The van der Waals surface area contributed by atoms with Crippen molar-refractivity contribution in [3.8, 4) is 0 Å². The second-order valence-electron chi connectivity index (χ2n) is 6.04. The first-order valence-electron chi connectivity index (χ1n) is 6.84. The van der Waals surface area contributed by atoms with Gasteiger partial charge in [-0.05, 0) is 55.3 Å². The van der Waals surface area contributed by atoms with Gasteiger partial charge in [0.2, 0.25) is 0 Å². The van der Waals surface area contributed by atoms with Crippen molar-refractivity contribution in [1.29, 1.82) is 0 Å². The van der Waals surface area contributed by atoms with E-state index in [2.05, 4.69) is 21.2 Å². The summed E-state index contributed by atoms with van der Waals surface area (Å²) in [7, 11) is 0. The van der Waals surface area contributed by atoms with Crippen molar-refractivity contribution in [1.82, 2.24) is 4.90 Å². The molecule has 1 saturated heterocycles. The minimum atomic E-state index is -0.439. The van der Waals surface area contributed by atoms with Crippen LogP contribution < -0.4 is 5.32 Å². The average Bonchev–Trinajstić information content (AvgIpc) is 2.79. The molecule has 1 atom stereocenters. The first kappa shape index (κ1) is 15.2. The number of nitrogens with zero attached hydrogens (tertiary/aromatic N) is 1. The zero-order valence-corrected chi connectivity index (χ0v) is 13.7. The number of amides is 1. The van der Waals surface area contributed by atoms with Gasteiger partial charge in [-0.3, -0.25) is 0 Å². The van der Waals surface area contributed by atoms with E-state index >= 15 is 0 Å². The number of para-hydroxylation sites is 1. The second kappa shape index (κ2) is 6.04. The Labute approximate surface area is 128 Å². The third-order valence-corrected chi connectivity index (χ3v) is 3.76. The Morgan fingerprint density at radius 1 is 1.40 bits per heavy atom. The molecular weight excluding hydrogens is 320 g/mol. The van der Waals surface area contributed by atoms with Crippen LogP contribution in [0.4, 0.5) is 10.5 Å². The van der Waals surface area contributed by atoms with Crippen molar-refractivity contribution >= 4 is 27.7 Å². The number of nitrogens with one attached hydrogen (secondary N) is 1. The van der Waals surface area contributed by atoms with E-state index in [1.54, 1.807) is 4.90 Å². The van der Waals surface area contributed by atoms with Crippen molar-refractivity contribution in [3.63, 3.8) is 0 Å². The van der Waals surface area contributed by atoms with Crippen LogP contribution in [0.2, 0.25) is 0 Å². The van der Waals surface area contributed by atoms with Crippen LogP contribution in [0.5, 0.6) is 0 Å². The second-order valence-corrected chi connectivity index (χ2v) is 6.89. The van der Waals surface area contributed by atoms with Crippen molar-refractivity contribution < 1.29 is 9.53 Å². The molecule has 5 heteroatoms. The van der Waals surface area contributed by atoms with Crippen molar-refractivity contribution in [3.05, 3.63) is 28.7 Å². The Morgan fingerprint density at radius 3 is 2.75 bits per heavy atom. The van der Waals surface area contributed by atoms with Gasteiger partial charge in [-0.1, -0.05) is 12.1 Å². The predicted octanol–water partition coefficient (Wildman–Crippen LogP) is 3.87. The van der Waals surface area contributed by atoms with E-state index in [0.717, 1.165) is 23.1 Å². The lowest BCUT2D eigenvalue weighted by molar-refractivity contribution is 0.0293. The van der Waals surface area contributed by atoms with Crippen molar-refractivity contribution in [2.24, 2.45) is 0 Å². The van der Waals surface area contributed by atoms with Crippen LogP contribution in [0, 0.1) is 0 Å². The molecule has 0 aliphatic carbocycles. The van der Waals surface area contributed by atoms with E-state index in [0.29, 0.717) is 6.54 Å². The molecule has 1 heterocycles. The number of hydrogen-bond donors (Lipinski definition) is 1. The molecule has 1 aliphatic heterocycles. The number of hydrogen-bond acceptors (Lipinski definition) is 3. The Hall–Kier alpha value is -1.23. The van der Waals surface area contributed by atoms with Gasteiger partial charge in [0.15, 0.2) is 0 Å². The number of halogens is 1. The summed E-state index contributed by atoms with van der Waals surface area (Å²) in [6.07, 6.45) is 0.703. The largest absolute Gasteiger partial charge is 0.444 e. The van der Waals surface area contributed by atoms with Gasteiger partial charge in [-0.2, -0.15) is 0 Å². The van der Waals surface area contributed by atoms with Gasteiger partial charge in [-0.15, -0.1) is 0 Å². The number of anilines is 1. The van der Waals surface area contributed by atoms with Crippen LogP contribution in [0.1, 0.15) is 27.2 Å². The SMILES string of the molecule is CC(C)(C)OC(=O)N1CCC(Nc2ccccc2Br)C1. The van der Waals surface area contributed by atoms with Gasteiger partial charge in [0.25, 0.3) is 0 Å². The topological polar surface area (TPSA) is 41.6 Å². The molecule has 1 aliphatic rings. The summed E-state index contributed by atoms with van der Waals surface area (Å²) in [5.74, 6) is 0. The molecule has 0 radical (unpaired) electrons. The molecule has 0 bridgehead atoms. The van der Waals surface area contributed by atoms with Crippen LogP contribution >= 0.6 is 15.9 Å². The highest BCUT2D eigenvalue weighted by Crippen LogP contribution is 2.24. The molecule has 1 fully saturated rings. The fourth-order valence-electron chi connectivity index (χ4n) is 2.17. The van der Waals surface area contributed by atoms with E-state index in [-0.39, 0.29) is 12.1 Å². The first-order chi connectivity index (χ1) is 9.35. The highest BCUT2D eigenvalue weighted by molar-refractivity contribution is 9.10. The normalized spacial score (nSPS) is 19.0. The van der Waals surface area contributed by atoms with E-state index in [1.807, 2.05) is 45.0 Å². The molecule has 0 spiro atoms. The van der Waals surface area contributed by atoms with E-state index in [4.69, 9.17) is 4.74 Å². The number of ether oxygens (including phenoxy) is 1. The summed E-state index contributed by atoms with van der Waals surface area (Å²) in [5, 5.41) is 3.46. The first-order valence-corrected chi connectivity index (χ1v) is 7.63. The summed E-state index contributed by atoms with van der Waals surface area (Å²) in [6.45, 7) is 7.07. The molecule has 110 valence electrons. The zero-order chi connectivity index (χ0) is 14.8. The fraction of sp³-hybridized carbons (Fsp3) is 0.533.